The maximum absolute atomic E-state index is 12.2. The van der Waals surface area contributed by atoms with Crippen LogP contribution in [0.3, 0.4) is 0 Å². The second-order valence-corrected chi connectivity index (χ2v) is 6.07. The zero-order valence-corrected chi connectivity index (χ0v) is 14.4. The summed E-state index contributed by atoms with van der Waals surface area (Å²) in [6.45, 7) is 3.91. The number of benzene rings is 1. The number of halogens is 1. The van der Waals surface area contributed by atoms with Crippen molar-refractivity contribution in [2.75, 3.05) is 26.3 Å². The van der Waals surface area contributed by atoms with E-state index in [4.69, 9.17) is 9.47 Å². The summed E-state index contributed by atoms with van der Waals surface area (Å²) < 4.78 is 11.9. The number of likely N-dealkylation sites (tertiary alicyclic amines) is 1. The van der Waals surface area contributed by atoms with Gasteiger partial charge in [-0.25, -0.2) is 0 Å². The molecule has 22 heavy (non-hydrogen) atoms. The summed E-state index contributed by atoms with van der Waals surface area (Å²) in [5.41, 5.74) is 0.721. The van der Waals surface area contributed by atoms with Gasteiger partial charge in [0.2, 0.25) is 0 Å². The predicted octanol–water partition coefficient (Wildman–Crippen LogP) is 2.73. The molecule has 0 saturated carbocycles. The van der Waals surface area contributed by atoms with Crippen LogP contribution >= 0.6 is 15.9 Å². The minimum atomic E-state index is -0.0896. The van der Waals surface area contributed by atoms with Gasteiger partial charge in [0.25, 0.3) is 5.91 Å². The van der Waals surface area contributed by atoms with E-state index in [1.54, 1.807) is 12.1 Å². The topological polar surface area (TPSA) is 59.0 Å². The molecular formula is C16H22BrNO4. The number of carbonyl (C=O) groups excluding carboxylic acids is 1. The SMILES string of the molecule is CCOc1cc(CO)c(Br)cc1OCC(=O)N1CCCCC1. The minimum Gasteiger partial charge on any atom is -0.490 e. The normalized spacial score (nSPS) is 14.8. The van der Waals surface area contributed by atoms with Crippen LogP contribution in [-0.4, -0.2) is 42.2 Å². The molecule has 1 saturated heterocycles. The van der Waals surface area contributed by atoms with Gasteiger partial charge in [0.1, 0.15) is 0 Å². The lowest BCUT2D eigenvalue weighted by molar-refractivity contribution is -0.134. The van der Waals surface area contributed by atoms with Crippen molar-refractivity contribution in [3.05, 3.63) is 22.2 Å². The molecule has 1 aliphatic heterocycles. The largest absolute Gasteiger partial charge is 0.490 e. The average Bonchev–Trinajstić information content (AvgIpc) is 2.55. The molecule has 0 aliphatic carbocycles. The van der Waals surface area contributed by atoms with Gasteiger partial charge in [0, 0.05) is 17.6 Å². The van der Waals surface area contributed by atoms with Crippen molar-refractivity contribution in [2.24, 2.45) is 0 Å². The number of rotatable bonds is 6. The van der Waals surface area contributed by atoms with Gasteiger partial charge in [-0.05, 0) is 43.9 Å². The second kappa shape index (κ2) is 8.39. The number of nitrogens with zero attached hydrogens (tertiary/aromatic N) is 1. The molecule has 5 nitrogen and oxygen atoms in total. The summed E-state index contributed by atoms with van der Waals surface area (Å²) in [5, 5.41) is 9.30. The number of ether oxygens (including phenoxy) is 2. The Kier molecular flexibility index (Phi) is 6.51. The quantitative estimate of drug-likeness (QED) is 0.834. The highest BCUT2D eigenvalue weighted by Gasteiger charge is 2.18. The Morgan fingerprint density at radius 2 is 1.91 bits per heavy atom. The zero-order valence-electron chi connectivity index (χ0n) is 12.8. The van der Waals surface area contributed by atoms with E-state index in [-0.39, 0.29) is 19.1 Å². The van der Waals surface area contributed by atoms with E-state index in [0.29, 0.717) is 18.1 Å². The molecule has 1 aliphatic rings. The van der Waals surface area contributed by atoms with Crippen molar-refractivity contribution in [1.29, 1.82) is 0 Å². The van der Waals surface area contributed by atoms with E-state index in [1.165, 1.54) is 6.42 Å². The number of aliphatic hydroxyl groups excluding tert-OH is 1. The van der Waals surface area contributed by atoms with E-state index in [0.717, 1.165) is 36.0 Å². The monoisotopic (exact) mass is 371 g/mol. The fourth-order valence-corrected chi connectivity index (χ4v) is 2.90. The van der Waals surface area contributed by atoms with Crippen LogP contribution in [0.2, 0.25) is 0 Å². The van der Waals surface area contributed by atoms with Crippen LogP contribution in [0.4, 0.5) is 0 Å². The Labute approximate surface area is 139 Å². The Morgan fingerprint density at radius 1 is 1.23 bits per heavy atom. The van der Waals surface area contributed by atoms with Crippen molar-refractivity contribution < 1.29 is 19.4 Å². The molecule has 0 unspecified atom stereocenters. The maximum atomic E-state index is 12.2. The average molecular weight is 372 g/mol. The maximum Gasteiger partial charge on any atom is 0.260 e. The number of aliphatic hydroxyl groups is 1. The summed E-state index contributed by atoms with van der Waals surface area (Å²) in [6, 6.07) is 3.47. The number of amides is 1. The third kappa shape index (κ3) is 4.36. The lowest BCUT2D eigenvalue weighted by atomic mass is 10.1. The molecule has 0 atom stereocenters. The highest BCUT2D eigenvalue weighted by atomic mass is 79.9. The van der Waals surface area contributed by atoms with E-state index >= 15 is 0 Å². The first-order chi connectivity index (χ1) is 10.7. The first-order valence-corrected chi connectivity index (χ1v) is 8.41. The van der Waals surface area contributed by atoms with Gasteiger partial charge in [-0.1, -0.05) is 15.9 Å². The Bertz CT molecular complexity index is 515. The van der Waals surface area contributed by atoms with Gasteiger partial charge in [-0.2, -0.15) is 0 Å². The Balaban J connectivity index is 2.04. The molecule has 1 fully saturated rings. The van der Waals surface area contributed by atoms with Crippen LogP contribution in [0, 0.1) is 0 Å². The van der Waals surface area contributed by atoms with Gasteiger partial charge < -0.3 is 19.5 Å². The van der Waals surface area contributed by atoms with Crippen molar-refractivity contribution in [3.63, 3.8) is 0 Å². The third-order valence-corrected chi connectivity index (χ3v) is 4.38. The van der Waals surface area contributed by atoms with E-state index in [1.807, 2.05) is 11.8 Å². The first-order valence-electron chi connectivity index (χ1n) is 7.62. The zero-order chi connectivity index (χ0) is 15.9. The molecule has 0 radical (unpaired) electrons. The lowest BCUT2D eigenvalue weighted by Crippen LogP contribution is -2.38. The smallest absolute Gasteiger partial charge is 0.260 e. The van der Waals surface area contributed by atoms with Crippen molar-refractivity contribution >= 4 is 21.8 Å². The second-order valence-electron chi connectivity index (χ2n) is 5.21. The summed E-state index contributed by atoms with van der Waals surface area (Å²) in [7, 11) is 0. The van der Waals surface area contributed by atoms with Crippen LogP contribution in [-0.2, 0) is 11.4 Å². The van der Waals surface area contributed by atoms with Gasteiger partial charge in [-0.15, -0.1) is 0 Å². The minimum absolute atomic E-state index is 0.00417. The molecule has 6 heteroatoms. The van der Waals surface area contributed by atoms with Gasteiger partial charge >= 0.3 is 0 Å². The number of hydrogen-bond acceptors (Lipinski definition) is 4. The fraction of sp³-hybridized carbons (Fsp3) is 0.562. The van der Waals surface area contributed by atoms with Crippen LogP contribution < -0.4 is 9.47 Å². The van der Waals surface area contributed by atoms with E-state index in [9.17, 15) is 9.90 Å². The van der Waals surface area contributed by atoms with Crippen molar-refractivity contribution in [3.8, 4) is 11.5 Å². The Hall–Kier alpha value is -1.27. The molecule has 1 amide bonds. The van der Waals surface area contributed by atoms with E-state index in [2.05, 4.69) is 15.9 Å². The van der Waals surface area contributed by atoms with Gasteiger partial charge in [-0.3, -0.25) is 4.79 Å². The molecule has 2 rings (SSSR count). The molecule has 0 spiro atoms. The van der Waals surface area contributed by atoms with E-state index < -0.39 is 0 Å². The molecule has 0 aromatic heterocycles. The standard InChI is InChI=1S/C16H22BrNO4/c1-2-21-14-8-12(10-19)13(17)9-15(14)22-11-16(20)18-6-4-3-5-7-18/h8-9,19H,2-7,10-11H2,1H3. The van der Waals surface area contributed by atoms with Crippen LogP contribution in [0.25, 0.3) is 0 Å². The summed E-state index contributed by atoms with van der Waals surface area (Å²) in [5.74, 6) is 1.06. The Morgan fingerprint density at radius 3 is 2.55 bits per heavy atom. The predicted molar refractivity (Wildman–Crippen MR) is 87.2 cm³/mol. The third-order valence-electron chi connectivity index (χ3n) is 3.64. The number of piperidine rings is 1. The van der Waals surface area contributed by atoms with Gasteiger partial charge in [0.15, 0.2) is 18.1 Å². The molecule has 1 aromatic rings. The molecule has 1 heterocycles. The molecule has 0 bridgehead atoms. The van der Waals surface area contributed by atoms with Crippen molar-refractivity contribution in [2.45, 2.75) is 32.8 Å². The fourth-order valence-electron chi connectivity index (χ4n) is 2.45. The highest BCUT2D eigenvalue weighted by molar-refractivity contribution is 9.10. The van der Waals surface area contributed by atoms with Crippen LogP contribution in [0.5, 0.6) is 11.5 Å². The van der Waals surface area contributed by atoms with Crippen LogP contribution in [0.1, 0.15) is 31.7 Å². The molecule has 1 N–H and O–H groups in total. The van der Waals surface area contributed by atoms with Gasteiger partial charge in [0.05, 0.1) is 13.2 Å². The summed E-state index contributed by atoms with van der Waals surface area (Å²) >= 11 is 3.39. The number of hydrogen-bond donors (Lipinski definition) is 1. The molecule has 122 valence electrons. The van der Waals surface area contributed by atoms with Crippen molar-refractivity contribution in [1.82, 2.24) is 4.90 Å². The summed E-state index contributed by atoms with van der Waals surface area (Å²) in [6.07, 6.45) is 3.31. The van der Waals surface area contributed by atoms with Crippen LogP contribution in [0.15, 0.2) is 16.6 Å². The first kappa shape index (κ1) is 17.1. The highest BCUT2D eigenvalue weighted by Crippen LogP contribution is 2.34. The molecular weight excluding hydrogens is 350 g/mol. The molecule has 1 aromatic carbocycles. The summed E-state index contributed by atoms with van der Waals surface area (Å²) in [4.78, 5) is 14.0. The lowest BCUT2D eigenvalue weighted by Gasteiger charge is -2.26. The number of carbonyl (C=O) groups is 1.